The van der Waals surface area contributed by atoms with Crippen molar-refractivity contribution in [3.63, 3.8) is 0 Å². The Bertz CT molecular complexity index is 660. The normalized spacial score (nSPS) is 20.2. The van der Waals surface area contributed by atoms with Gasteiger partial charge in [-0.2, -0.15) is 0 Å². The Morgan fingerprint density at radius 2 is 2.13 bits per heavy atom. The molecule has 5 nitrogen and oxygen atoms in total. The van der Waals surface area contributed by atoms with Crippen molar-refractivity contribution < 1.29 is 9.53 Å². The van der Waals surface area contributed by atoms with E-state index in [2.05, 4.69) is 27.8 Å². The van der Waals surface area contributed by atoms with Crippen LogP contribution in [-0.4, -0.2) is 24.2 Å². The summed E-state index contributed by atoms with van der Waals surface area (Å²) >= 11 is 0. The lowest BCUT2D eigenvalue weighted by Gasteiger charge is -2.19. The van der Waals surface area contributed by atoms with Crippen LogP contribution in [-0.2, 0) is 4.74 Å². The first-order valence-corrected chi connectivity index (χ1v) is 7.85. The maximum Gasteiger partial charge on any atom is 0.319 e. The van der Waals surface area contributed by atoms with Gasteiger partial charge in [-0.25, -0.2) is 4.79 Å². The number of nitrogens with one attached hydrogen (secondary N) is 2. The topological polar surface area (TPSA) is 63.2 Å². The van der Waals surface area contributed by atoms with Crippen LogP contribution >= 0.6 is 0 Å². The zero-order valence-electron chi connectivity index (χ0n) is 13.2. The number of nitrogens with zero attached hydrogens (tertiary/aromatic N) is 1. The Labute approximate surface area is 136 Å². The highest BCUT2D eigenvalue weighted by Gasteiger charge is 2.29. The van der Waals surface area contributed by atoms with Crippen LogP contribution in [0.1, 0.15) is 23.7 Å². The highest BCUT2D eigenvalue weighted by Crippen LogP contribution is 2.33. The summed E-state index contributed by atoms with van der Waals surface area (Å²) in [5.41, 5.74) is 2.88. The highest BCUT2D eigenvalue weighted by molar-refractivity contribution is 5.89. The van der Waals surface area contributed by atoms with E-state index in [1.165, 1.54) is 5.56 Å². The average Bonchev–Trinajstić information content (AvgIpc) is 3.02. The van der Waals surface area contributed by atoms with Crippen molar-refractivity contribution >= 4 is 11.7 Å². The van der Waals surface area contributed by atoms with Gasteiger partial charge in [0.05, 0.1) is 18.0 Å². The van der Waals surface area contributed by atoms with E-state index in [1.807, 2.05) is 31.2 Å². The fourth-order valence-electron chi connectivity index (χ4n) is 2.88. The van der Waals surface area contributed by atoms with Gasteiger partial charge in [0.25, 0.3) is 0 Å². The number of aryl methyl sites for hydroxylation is 1. The molecule has 1 fully saturated rings. The van der Waals surface area contributed by atoms with E-state index in [4.69, 9.17) is 4.74 Å². The molecule has 2 atom stereocenters. The van der Waals surface area contributed by atoms with E-state index in [0.717, 1.165) is 18.6 Å². The standard InChI is InChI=1S/C18H21N3O2/c1-13-9-16(12-19-10-13)21-18(22)20-11-15-7-8-23-17(15)14-5-3-2-4-6-14/h2-6,9-10,12,15,17H,7-8,11H2,1H3,(H2,20,21,22)/t15-,17-/m1/s1. The van der Waals surface area contributed by atoms with Crippen molar-refractivity contribution in [3.05, 3.63) is 59.9 Å². The van der Waals surface area contributed by atoms with E-state index in [1.54, 1.807) is 12.4 Å². The molecule has 1 aliphatic heterocycles. The molecule has 2 aromatic rings. The van der Waals surface area contributed by atoms with E-state index >= 15 is 0 Å². The molecule has 3 rings (SSSR count). The number of anilines is 1. The number of carbonyl (C=O) groups excluding carboxylic acids is 1. The highest BCUT2D eigenvalue weighted by atomic mass is 16.5. The number of carbonyl (C=O) groups is 1. The molecule has 0 aliphatic carbocycles. The van der Waals surface area contributed by atoms with Crippen LogP contribution < -0.4 is 10.6 Å². The molecule has 1 saturated heterocycles. The van der Waals surface area contributed by atoms with Gasteiger partial charge in [-0.15, -0.1) is 0 Å². The lowest BCUT2D eigenvalue weighted by molar-refractivity contribution is 0.0911. The van der Waals surface area contributed by atoms with Crippen LogP contribution in [0, 0.1) is 12.8 Å². The summed E-state index contributed by atoms with van der Waals surface area (Å²) < 4.78 is 5.84. The lowest BCUT2D eigenvalue weighted by atomic mass is 9.95. The summed E-state index contributed by atoms with van der Waals surface area (Å²) in [7, 11) is 0. The molecule has 1 aromatic carbocycles. The molecule has 0 spiro atoms. The summed E-state index contributed by atoms with van der Waals surface area (Å²) in [5.74, 6) is 0.291. The maximum atomic E-state index is 12.0. The van der Waals surface area contributed by atoms with E-state index in [0.29, 0.717) is 18.2 Å². The van der Waals surface area contributed by atoms with Crippen LogP contribution in [0.4, 0.5) is 10.5 Å². The zero-order chi connectivity index (χ0) is 16.1. The van der Waals surface area contributed by atoms with Gasteiger partial charge < -0.3 is 15.4 Å². The summed E-state index contributed by atoms with van der Waals surface area (Å²) in [6.45, 7) is 3.26. The van der Waals surface area contributed by atoms with Crippen LogP contribution in [0.25, 0.3) is 0 Å². The largest absolute Gasteiger partial charge is 0.373 e. The minimum atomic E-state index is -0.212. The Morgan fingerprint density at radius 1 is 1.30 bits per heavy atom. The minimum absolute atomic E-state index is 0.0529. The smallest absolute Gasteiger partial charge is 0.319 e. The Balaban J connectivity index is 1.54. The number of urea groups is 1. The fourth-order valence-corrected chi connectivity index (χ4v) is 2.88. The van der Waals surface area contributed by atoms with Crippen molar-refractivity contribution in [1.82, 2.24) is 10.3 Å². The monoisotopic (exact) mass is 311 g/mol. The third kappa shape index (κ3) is 4.07. The molecule has 23 heavy (non-hydrogen) atoms. The molecule has 0 saturated carbocycles. The first-order valence-electron chi connectivity index (χ1n) is 7.85. The van der Waals surface area contributed by atoms with Crippen LogP contribution in [0.5, 0.6) is 0 Å². The van der Waals surface area contributed by atoms with Gasteiger partial charge in [0, 0.05) is 25.3 Å². The Hall–Kier alpha value is -2.40. The first kappa shape index (κ1) is 15.5. The molecule has 1 aliphatic rings. The first-order chi connectivity index (χ1) is 11.2. The molecular formula is C18H21N3O2. The number of benzene rings is 1. The van der Waals surface area contributed by atoms with Gasteiger partial charge in [-0.05, 0) is 30.5 Å². The van der Waals surface area contributed by atoms with E-state index in [9.17, 15) is 4.79 Å². The minimum Gasteiger partial charge on any atom is -0.373 e. The van der Waals surface area contributed by atoms with Gasteiger partial charge in [0.15, 0.2) is 0 Å². The van der Waals surface area contributed by atoms with Crippen molar-refractivity contribution in [3.8, 4) is 0 Å². The number of hydrogen-bond donors (Lipinski definition) is 2. The number of hydrogen-bond acceptors (Lipinski definition) is 3. The van der Waals surface area contributed by atoms with Crippen LogP contribution in [0.3, 0.4) is 0 Å². The average molecular weight is 311 g/mol. The SMILES string of the molecule is Cc1cncc(NC(=O)NC[C@H]2CCO[C@@H]2c2ccccc2)c1. The van der Waals surface area contributed by atoms with E-state index < -0.39 is 0 Å². The van der Waals surface area contributed by atoms with Gasteiger partial charge >= 0.3 is 6.03 Å². The van der Waals surface area contributed by atoms with Crippen molar-refractivity contribution in [1.29, 1.82) is 0 Å². The Kier molecular flexibility index (Phi) is 4.88. The molecule has 120 valence electrons. The summed E-state index contributed by atoms with van der Waals surface area (Å²) in [5, 5.41) is 5.74. The van der Waals surface area contributed by atoms with Gasteiger partial charge in [-0.3, -0.25) is 4.98 Å². The fraction of sp³-hybridized carbons (Fsp3) is 0.333. The number of pyridine rings is 1. The second kappa shape index (κ2) is 7.24. The predicted molar refractivity (Wildman–Crippen MR) is 89.2 cm³/mol. The molecule has 0 bridgehead atoms. The molecule has 2 amide bonds. The third-order valence-corrected chi connectivity index (χ3v) is 4.00. The summed E-state index contributed by atoms with van der Waals surface area (Å²) in [6, 6.07) is 11.8. The molecule has 0 unspecified atom stereocenters. The molecule has 1 aromatic heterocycles. The number of ether oxygens (including phenoxy) is 1. The van der Waals surface area contributed by atoms with Gasteiger partial charge in [0.1, 0.15) is 0 Å². The second-order valence-corrected chi connectivity index (χ2v) is 5.84. The van der Waals surface area contributed by atoms with Crippen molar-refractivity contribution in [2.24, 2.45) is 5.92 Å². The molecule has 0 radical (unpaired) electrons. The van der Waals surface area contributed by atoms with Crippen LogP contribution in [0.2, 0.25) is 0 Å². The maximum absolute atomic E-state index is 12.0. The van der Waals surface area contributed by atoms with Crippen LogP contribution in [0.15, 0.2) is 48.8 Å². The quantitative estimate of drug-likeness (QED) is 0.910. The van der Waals surface area contributed by atoms with Crippen molar-refractivity contribution in [2.45, 2.75) is 19.4 Å². The number of rotatable bonds is 4. The zero-order valence-corrected chi connectivity index (χ0v) is 13.2. The van der Waals surface area contributed by atoms with Gasteiger partial charge in [-0.1, -0.05) is 30.3 Å². The summed E-state index contributed by atoms with van der Waals surface area (Å²) in [6.07, 6.45) is 4.39. The molecular weight excluding hydrogens is 290 g/mol. The Morgan fingerprint density at radius 3 is 2.91 bits per heavy atom. The predicted octanol–water partition coefficient (Wildman–Crippen LogP) is 3.29. The molecule has 5 heteroatoms. The van der Waals surface area contributed by atoms with Gasteiger partial charge in [0.2, 0.25) is 0 Å². The molecule has 2 N–H and O–H groups in total. The lowest BCUT2D eigenvalue weighted by Crippen LogP contribution is -2.34. The van der Waals surface area contributed by atoms with E-state index in [-0.39, 0.29) is 12.1 Å². The molecule has 2 heterocycles. The number of amides is 2. The summed E-state index contributed by atoms with van der Waals surface area (Å²) in [4.78, 5) is 16.1. The number of aromatic nitrogens is 1. The van der Waals surface area contributed by atoms with Crippen molar-refractivity contribution in [2.75, 3.05) is 18.5 Å². The third-order valence-electron chi connectivity index (χ3n) is 4.00. The second-order valence-electron chi connectivity index (χ2n) is 5.84.